The van der Waals surface area contributed by atoms with Crippen molar-refractivity contribution in [3.05, 3.63) is 30.0 Å². The first kappa shape index (κ1) is 11.5. The zero-order valence-corrected chi connectivity index (χ0v) is 9.69. The highest BCUT2D eigenvalue weighted by atomic mass is 16.1. The molecule has 1 aromatic heterocycles. The molecule has 0 aliphatic heterocycles. The minimum absolute atomic E-state index is 0.0154. The van der Waals surface area contributed by atoms with Crippen molar-refractivity contribution in [2.75, 3.05) is 14.1 Å². The molecule has 0 amide bonds. The van der Waals surface area contributed by atoms with Gasteiger partial charge in [0.15, 0.2) is 0 Å². The Hall–Kier alpha value is -1.58. The first-order chi connectivity index (χ1) is 7.06. The smallest absolute Gasteiger partial charge is 0.205 e. The zero-order valence-electron chi connectivity index (χ0n) is 9.69. The summed E-state index contributed by atoms with van der Waals surface area (Å²) in [5.74, 6) is 0.912. The number of carbonyl (C=O) groups is 1. The summed E-state index contributed by atoms with van der Waals surface area (Å²) < 4.78 is 1.84. The molecule has 0 atom stereocenters. The highest BCUT2D eigenvalue weighted by Crippen LogP contribution is 2.05. The van der Waals surface area contributed by atoms with Crippen molar-refractivity contribution in [1.82, 2.24) is 14.5 Å². The Bertz CT molecular complexity index is 377. The third-order valence-corrected chi connectivity index (χ3v) is 2.18. The first-order valence-electron chi connectivity index (χ1n) is 4.95. The fourth-order valence-electron chi connectivity index (χ4n) is 1.31. The second-order valence-electron chi connectivity index (χ2n) is 3.62. The van der Waals surface area contributed by atoms with Crippen molar-refractivity contribution < 1.29 is 4.79 Å². The van der Waals surface area contributed by atoms with E-state index in [9.17, 15) is 4.79 Å². The summed E-state index contributed by atoms with van der Waals surface area (Å²) in [6.07, 6.45) is 5.75. The van der Waals surface area contributed by atoms with Crippen LogP contribution < -0.4 is 0 Å². The van der Waals surface area contributed by atoms with Crippen LogP contribution in [0.25, 0.3) is 0 Å². The van der Waals surface area contributed by atoms with E-state index in [2.05, 4.69) is 4.98 Å². The number of nitrogens with zero attached hydrogens (tertiary/aromatic N) is 3. The quantitative estimate of drug-likeness (QED) is 0.550. The molecule has 1 rings (SSSR count). The number of imidazole rings is 1. The van der Waals surface area contributed by atoms with Crippen LogP contribution in [0.1, 0.15) is 23.2 Å². The van der Waals surface area contributed by atoms with Gasteiger partial charge in [-0.25, -0.2) is 4.98 Å². The third kappa shape index (κ3) is 2.68. The molecule has 0 aromatic carbocycles. The second kappa shape index (κ2) is 4.77. The van der Waals surface area contributed by atoms with Crippen LogP contribution in [0, 0.1) is 0 Å². The number of allylic oxidation sites excluding steroid dienone is 1. The van der Waals surface area contributed by atoms with Gasteiger partial charge in [0.25, 0.3) is 0 Å². The maximum Gasteiger partial charge on any atom is 0.205 e. The normalized spacial score (nSPS) is 10.9. The Kier molecular flexibility index (Phi) is 3.66. The monoisotopic (exact) mass is 207 g/mol. The van der Waals surface area contributed by atoms with Gasteiger partial charge in [-0.05, 0) is 0 Å². The molecule has 1 aromatic rings. The molecular formula is C11H17N3O. The van der Waals surface area contributed by atoms with Gasteiger partial charge in [0.05, 0.1) is 6.20 Å². The highest BCUT2D eigenvalue weighted by Gasteiger charge is 2.09. The van der Waals surface area contributed by atoms with Crippen molar-refractivity contribution in [3.63, 3.8) is 0 Å². The minimum atomic E-state index is -0.0154. The Balaban J connectivity index is 2.87. The van der Waals surface area contributed by atoms with Crippen LogP contribution in [0.5, 0.6) is 0 Å². The summed E-state index contributed by atoms with van der Waals surface area (Å²) in [5, 5.41) is 0. The van der Waals surface area contributed by atoms with Crippen LogP contribution in [0.3, 0.4) is 0 Å². The fraction of sp³-hybridized carbons (Fsp3) is 0.455. The molecule has 82 valence electrons. The molecular weight excluding hydrogens is 190 g/mol. The van der Waals surface area contributed by atoms with Crippen LogP contribution in [0.4, 0.5) is 0 Å². The molecule has 1 heterocycles. The minimum Gasteiger partial charge on any atom is -0.383 e. The van der Waals surface area contributed by atoms with Crippen molar-refractivity contribution in [3.8, 4) is 0 Å². The Morgan fingerprint density at radius 1 is 1.60 bits per heavy atom. The summed E-state index contributed by atoms with van der Waals surface area (Å²) in [6.45, 7) is 2.02. The SMILES string of the molecule is CCc1ncc(C(=O)/C=C/N(C)C)n1C. The van der Waals surface area contributed by atoms with E-state index >= 15 is 0 Å². The lowest BCUT2D eigenvalue weighted by Crippen LogP contribution is -2.07. The van der Waals surface area contributed by atoms with Crippen LogP contribution in [0.2, 0.25) is 0 Å². The maximum absolute atomic E-state index is 11.7. The molecule has 0 radical (unpaired) electrons. The summed E-state index contributed by atoms with van der Waals surface area (Å²) >= 11 is 0. The Labute approximate surface area is 90.2 Å². The predicted molar refractivity (Wildman–Crippen MR) is 59.7 cm³/mol. The Morgan fingerprint density at radius 3 is 2.73 bits per heavy atom. The lowest BCUT2D eigenvalue weighted by Gasteiger charge is -2.03. The number of rotatable bonds is 4. The molecule has 0 aliphatic rings. The average molecular weight is 207 g/mol. The number of aromatic nitrogens is 2. The number of carbonyl (C=O) groups excluding carboxylic acids is 1. The molecule has 0 saturated heterocycles. The van der Waals surface area contributed by atoms with Gasteiger partial charge in [0, 0.05) is 39.8 Å². The lowest BCUT2D eigenvalue weighted by atomic mass is 10.3. The van der Waals surface area contributed by atoms with Gasteiger partial charge in [-0.1, -0.05) is 6.92 Å². The van der Waals surface area contributed by atoms with Gasteiger partial charge in [0.1, 0.15) is 11.5 Å². The van der Waals surface area contributed by atoms with E-state index in [0.29, 0.717) is 5.69 Å². The predicted octanol–water partition coefficient (Wildman–Crippen LogP) is 1.24. The van der Waals surface area contributed by atoms with Crippen LogP contribution in [0.15, 0.2) is 18.5 Å². The molecule has 0 aliphatic carbocycles. The third-order valence-electron chi connectivity index (χ3n) is 2.18. The Morgan fingerprint density at radius 2 is 2.27 bits per heavy atom. The summed E-state index contributed by atoms with van der Waals surface area (Å²) in [6, 6.07) is 0. The number of aryl methyl sites for hydroxylation is 1. The van der Waals surface area contributed by atoms with E-state index < -0.39 is 0 Å². The van der Waals surface area contributed by atoms with E-state index in [0.717, 1.165) is 12.2 Å². The topological polar surface area (TPSA) is 38.1 Å². The molecule has 0 saturated carbocycles. The van der Waals surface area contributed by atoms with Crippen molar-refractivity contribution in [2.24, 2.45) is 7.05 Å². The van der Waals surface area contributed by atoms with Gasteiger partial charge < -0.3 is 9.47 Å². The summed E-state index contributed by atoms with van der Waals surface area (Å²) in [5.41, 5.74) is 0.630. The molecule has 0 bridgehead atoms. The van der Waals surface area contributed by atoms with Gasteiger partial charge in [-0.15, -0.1) is 0 Å². The summed E-state index contributed by atoms with van der Waals surface area (Å²) in [7, 11) is 5.62. The largest absolute Gasteiger partial charge is 0.383 e. The molecule has 0 N–H and O–H groups in total. The van der Waals surface area contributed by atoms with E-state index in [4.69, 9.17) is 0 Å². The van der Waals surface area contributed by atoms with Crippen LogP contribution in [-0.2, 0) is 13.5 Å². The van der Waals surface area contributed by atoms with Crippen molar-refractivity contribution in [2.45, 2.75) is 13.3 Å². The second-order valence-corrected chi connectivity index (χ2v) is 3.62. The molecule has 0 fully saturated rings. The molecule has 0 spiro atoms. The fourth-order valence-corrected chi connectivity index (χ4v) is 1.31. The number of hydrogen-bond donors (Lipinski definition) is 0. The summed E-state index contributed by atoms with van der Waals surface area (Å²) in [4.78, 5) is 17.7. The standard InChI is InChI=1S/C11H17N3O/c1-5-11-12-8-9(14(11)4)10(15)6-7-13(2)3/h6-8H,5H2,1-4H3/b7-6+. The van der Waals surface area contributed by atoms with E-state index in [-0.39, 0.29) is 5.78 Å². The average Bonchev–Trinajstić information content (AvgIpc) is 2.56. The van der Waals surface area contributed by atoms with Gasteiger partial charge in [-0.3, -0.25) is 4.79 Å². The van der Waals surface area contributed by atoms with Gasteiger partial charge in [-0.2, -0.15) is 0 Å². The van der Waals surface area contributed by atoms with E-state index in [1.165, 1.54) is 0 Å². The van der Waals surface area contributed by atoms with E-state index in [1.54, 1.807) is 18.5 Å². The molecule has 4 heteroatoms. The number of hydrogen-bond acceptors (Lipinski definition) is 3. The highest BCUT2D eigenvalue weighted by molar-refractivity contribution is 6.03. The van der Waals surface area contributed by atoms with Crippen LogP contribution >= 0.6 is 0 Å². The number of ketones is 1. The van der Waals surface area contributed by atoms with Gasteiger partial charge >= 0.3 is 0 Å². The van der Waals surface area contributed by atoms with Crippen LogP contribution in [-0.4, -0.2) is 34.3 Å². The lowest BCUT2D eigenvalue weighted by molar-refractivity contribution is 0.103. The molecule has 15 heavy (non-hydrogen) atoms. The molecule has 4 nitrogen and oxygen atoms in total. The van der Waals surface area contributed by atoms with Crippen molar-refractivity contribution >= 4 is 5.78 Å². The van der Waals surface area contributed by atoms with E-state index in [1.807, 2.05) is 37.5 Å². The van der Waals surface area contributed by atoms with Crippen molar-refractivity contribution in [1.29, 1.82) is 0 Å². The zero-order chi connectivity index (χ0) is 11.4. The van der Waals surface area contributed by atoms with Gasteiger partial charge in [0.2, 0.25) is 5.78 Å². The molecule has 0 unspecified atom stereocenters. The first-order valence-corrected chi connectivity index (χ1v) is 4.95. The maximum atomic E-state index is 11.7.